The molecule has 2 rings (SSSR count). The monoisotopic (exact) mass is 349 g/mol. The molecule has 0 spiro atoms. The number of ether oxygens (including phenoxy) is 1. The Hall–Kier alpha value is -2.22. The van der Waals surface area contributed by atoms with Gasteiger partial charge in [0.15, 0.2) is 0 Å². The first-order valence-corrected chi connectivity index (χ1v) is 8.57. The van der Waals surface area contributed by atoms with Gasteiger partial charge in [0, 0.05) is 59.4 Å². The number of methoxy groups -OCH3 is 1. The molecule has 25 heavy (non-hydrogen) atoms. The van der Waals surface area contributed by atoms with Gasteiger partial charge in [-0.2, -0.15) is 0 Å². The summed E-state index contributed by atoms with van der Waals surface area (Å²) in [4.78, 5) is 37.0. The van der Waals surface area contributed by atoms with Crippen molar-refractivity contribution in [3.05, 3.63) is 17.5 Å². The Morgan fingerprint density at radius 1 is 1.44 bits per heavy atom. The lowest BCUT2D eigenvalue weighted by molar-refractivity contribution is -0.129. The molecule has 0 radical (unpaired) electrons. The van der Waals surface area contributed by atoms with Gasteiger partial charge in [0.25, 0.3) is 5.91 Å². The molecule has 8 nitrogen and oxygen atoms in total. The fourth-order valence-electron chi connectivity index (χ4n) is 2.88. The van der Waals surface area contributed by atoms with E-state index >= 15 is 0 Å². The maximum Gasteiger partial charge on any atom is 0.254 e. The summed E-state index contributed by atoms with van der Waals surface area (Å²) in [6.45, 7) is 4.02. The van der Waals surface area contributed by atoms with E-state index in [0.717, 1.165) is 6.42 Å². The number of carbonyl (C=O) groups is 2. The van der Waals surface area contributed by atoms with Crippen LogP contribution in [0.2, 0.25) is 0 Å². The highest BCUT2D eigenvalue weighted by Crippen LogP contribution is 2.29. The number of likely N-dealkylation sites (tertiary alicyclic amines) is 1. The number of rotatable bonds is 7. The van der Waals surface area contributed by atoms with Crippen LogP contribution in [0.5, 0.6) is 0 Å². The van der Waals surface area contributed by atoms with Gasteiger partial charge in [0.1, 0.15) is 0 Å². The summed E-state index contributed by atoms with van der Waals surface area (Å²) in [7, 11) is 5.31. The molecule has 0 saturated carbocycles. The molecule has 0 aliphatic carbocycles. The minimum absolute atomic E-state index is 0.0420. The lowest BCUT2D eigenvalue weighted by Crippen LogP contribution is -2.30. The summed E-state index contributed by atoms with van der Waals surface area (Å²) in [5.41, 5.74) is 1.18. The van der Waals surface area contributed by atoms with Gasteiger partial charge in [-0.15, -0.1) is 0 Å². The van der Waals surface area contributed by atoms with Crippen LogP contribution in [-0.2, 0) is 9.53 Å². The van der Waals surface area contributed by atoms with Crippen molar-refractivity contribution in [2.75, 3.05) is 52.3 Å². The van der Waals surface area contributed by atoms with Crippen molar-refractivity contribution in [3.8, 4) is 0 Å². The van der Waals surface area contributed by atoms with Crippen LogP contribution in [0.25, 0.3) is 0 Å². The molecule has 1 saturated heterocycles. The van der Waals surface area contributed by atoms with Crippen LogP contribution >= 0.6 is 0 Å². The summed E-state index contributed by atoms with van der Waals surface area (Å²) in [6.07, 6.45) is 2.86. The second-order valence-corrected chi connectivity index (χ2v) is 6.29. The molecule has 0 aromatic carbocycles. The van der Waals surface area contributed by atoms with Crippen molar-refractivity contribution in [3.63, 3.8) is 0 Å². The largest absolute Gasteiger partial charge is 0.383 e. The van der Waals surface area contributed by atoms with Crippen molar-refractivity contribution < 1.29 is 14.3 Å². The fraction of sp³-hybridized carbons (Fsp3) is 0.647. The Labute approximate surface area is 148 Å². The van der Waals surface area contributed by atoms with E-state index in [1.807, 2.05) is 25.9 Å². The van der Waals surface area contributed by atoms with Crippen molar-refractivity contribution in [2.24, 2.45) is 0 Å². The topological polar surface area (TPSA) is 87.7 Å². The molecule has 1 aromatic heterocycles. The van der Waals surface area contributed by atoms with Gasteiger partial charge in [-0.05, 0) is 6.42 Å². The number of nitrogens with zero attached hydrogens (tertiary/aromatic N) is 4. The van der Waals surface area contributed by atoms with E-state index in [4.69, 9.17) is 4.74 Å². The van der Waals surface area contributed by atoms with E-state index in [0.29, 0.717) is 49.9 Å². The maximum absolute atomic E-state index is 12.5. The molecule has 1 unspecified atom stereocenters. The van der Waals surface area contributed by atoms with Crippen molar-refractivity contribution in [1.29, 1.82) is 0 Å². The van der Waals surface area contributed by atoms with E-state index in [9.17, 15) is 9.59 Å². The van der Waals surface area contributed by atoms with Gasteiger partial charge >= 0.3 is 0 Å². The maximum atomic E-state index is 12.5. The summed E-state index contributed by atoms with van der Waals surface area (Å²) in [5, 5.41) is 2.82. The van der Waals surface area contributed by atoms with Crippen LogP contribution in [0, 0.1) is 0 Å². The Kier molecular flexibility index (Phi) is 6.69. The third kappa shape index (κ3) is 4.66. The SMILES string of the molecule is CCC(=O)N1CCC(c2nc(N(C)C)ncc2C(=O)NCCOC)C1. The number of nitrogens with one attached hydrogen (secondary N) is 1. The highest BCUT2D eigenvalue weighted by Gasteiger charge is 2.31. The normalized spacial score (nSPS) is 16.8. The Morgan fingerprint density at radius 2 is 2.20 bits per heavy atom. The first kappa shape index (κ1) is 19.1. The quantitative estimate of drug-likeness (QED) is 0.727. The molecule has 2 heterocycles. The molecule has 1 aliphatic rings. The van der Waals surface area contributed by atoms with Crippen molar-refractivity contribution in [2.45, 2.75) is 25.7 Å². The number of anilines is 1. The molecule has 1 N–H and O–H groups in total. The molecule has 1 fully saturated rings. The predicted molar refractivity (Wildman–Crippen MR) is 94.8 cm³/mol. The zero-order chi connectivity index (χ0) is 18.4. The van der Waals surface area contributed by atoms with E-state index < -0.39 is 0 Å². The lowest BCUT2D eigenvalue weighted by Gasteiger charge is -2.19. The lowest BCUT2D eigenvalue weighted by atomic mass is 9.99. The molecule has 1 atom stereocenters. The number of carbonyl (C=O) groups excluding carboxylic acids is 2. The van der Waals surface area contributed by atoms with Crippen LogP contribution < -0.4 is 10.2 Å². The van der Waals surface area contributed by atoms with E-state index in [-0.39, 0.29) is 17.7 Å². The zero-order valence-corrected chi connectivity index (χ0v) is 15.4. The van der Waals surface area contributed by atoms with Gasteiger partial charge in [-0.3, -0.25) is 9.59 Å². The van der Waals surface area contributed by atoms with Crippen LogP contribution in [0.1, 0.15) is 41.7 Å². The van der Waals surface area contributed by atoms with E-state index in [2.05, 4.69) is 15.3 Å². The molecular formula is C17H27N5O3. The average molecular weight is 349 g/mol. The molecule has 8 heteroatoms. The summed E-state index contributed by atoms with van der Waals surface area (Å²) in [6, 6.07) is 0. The van der Waals surface area contributed by atoms with Crippen LogP contribution in [0.15, 0.2) is 6.20 Å². The molecule has 138 valence electrons. The smallest absolute Gasteiger partial charge is 0.254 e. The number of hydrogen-bond donors (Lipinski definition) is 1. The molecule has 1 aromatic rings. The minimum atomic E-state index is -0.211. The molecule has 0 bridgehead atoms. The average Bonchev–Trinajstić information content (AvgIpc) is 3.10. The van der Waals surface area contributed by atoms with E-state index in [1.165, 1.54) is 0 Å². The Morgan fingerprint density at radius 3 is 2.84 bits per heavy atom. The zero-order valence-electron chi connectivity index (χ0n) is 15.4. The number of hydrogen-bond acceptors (Lipinski definition) is 6. The number of aromatic nitrogens is 2. The van der Waals surface area contributed by atoms with Crippen LogP contribution in [0.3, 0.4) is 0 Å². The predicted octanol–water partition coefficient (Wildman–Crippen LogP) is 0.645. The Balaban J connectivity index is 2.25. The Bertz CT molecular complexity index is 620. The highest BCUT2D eigenvalue weighted by molar-refractivity contribution is 5.95. The van der Waals surface area contributed by atoms with Gasteiger partial charge in [0.2, 0.25) is 11.9 Å². The third-order valence-corrected chi connectivity index (χ3v) is 4.27. The van der Waals surface area contributed by atoms with Gasteiger partial charge in [0.05, 0.1) is 17.9 Å². The van der Waals surface area contributed by atoms with Crippen molar-refractivity contribution >= 4 is 17.8 Å². The summed E-state index contributed by atoms with van der Waals surface area (Å²) >= 11 is 0. The fourth-order valence-corrected chi connectivity index (χ4v) is 2.88. The molecule has 1 aliphatic heterocycles. The first-order chi connectivity index (χ1) is 12.0. The van der Waals surface area contributed by atoms with Gasteiger partial charge in [-0.1, -0.05) is 6.92 Å². The van der Waals surface area contributed by atoms with Gasteiger partial charge < -0.3 is 19.9 Å². The number of amides is 2. The summed E-state index contributed by atoms with van der Waals surface area (Å²) < 4.78 is 4.96. The molecular weight excluding hydrogens is 322 g/mol. The highest BCUT2D eigenvalue weighted by atomic mass is 16.5. The minimum Gasteiger partial charge on any atom is -0.383 e. The second kappa shape index (κ2) is 8.75. The summed E-state index contributed by atoms with van der Waals surface area (Å²) in [5.74, 6) is 0.525. The van der Waals surface area contributed by atoms with Crippen LogP contribution in [-0.4, -0.2) is 74.1 Å². The van der Waals surface area contributed by atoms with Gasteiger partial charge in [-0.25, -0.2) is 9.97 Å². The third-order valence-electron chi connectivity index (χ3n) is 4.27. The van der Waals surface area contributed by atoms with E-state index in [1.54, 1.807) is 18.2 Å². The first-order valence-electron chi connectivity index (χ1n) is 8.57. The molecule has 2 amide bonds. The van der Waals surface area contributed by atoms with Crippen molar-refractivity contribution in [1.82, 2.24) is 20.2 Å². The standard InChI is InChI=1S/C17H27N5O3/c1-5-14(23)22-8-6-12(11-22)15-13(16(24)18-7-9-25-4)10-19-17(20-15)21(2)3/h10,12H,5-9,11H2,1-4H3,(H,18,24). The van der Waals surface area contributed by atoms with Crippen LogP contribution in [0.4, 0.5) is 5.95 Å². The second-order valence-electron chi connectivity index (χ2n) is 6.29.